The molecule has 6 nitrogen and oxygen atoms in total. The lowest BCUT2D eigenvalue weighted by molar-refractivity contribution is -0.125. The lowest BCUT2D eigenvalue weighted by Crippen LogP contribution is -2.56. The van der Waals surface area contributed by atoms with E-state index in [1.807, 2.05) is 13.2 Å². The van der Waals surface area contributed by atoms with Crippen LogP contribution in [0.3, 0.4) is 0 Å². The Hall–Kier alpha value is -0.950. The Kier molecular flexibility index (Phi) is 7.77. The number of carbonyl (C=O) groups is 2. The molecule has 0 rings (SSSR count). The number of nitrogens with two attached hydrogens (primary N) is 1. The zero-order valence-electron chi connectivity index (χ0n) is 11.2. The smallest absolute Gasteiger partial charge is 0.312 e. The second-order valence-corrected chi connectivity index (χ2v) is 5.39. The first-order valence-electron chi connectivity index (χ1n) is 5.86. The SMILES string of the molecule is CCC(C)(CO)NC(=O)C(CCSC)NC(N)=O. The van der Waals surface area contributed by atoms with Gasteiger partial charge in [0.25, 0.3) is 0 Å². The van der Waals surface area contributed by atoms with Crippen LogP contribution in [-0.4, -0.2) is 47.2 Å². The van der Waals surface area contributed by atoms with Gasteiger partial charge in [-0.15, -0.1) is 0 Å². The molecule has 0 radical (unpaired) electrons. The molecule has 0 aliphatic heterocycles. The van der Waals surface area contributed by atoms with E-state index in [-0.39, 0.29) is 12.5 Å². The van der Waals surface area contributed by atoms with E-state index in [0.717, 1.165) is 5.75 Å². The molecule has 0 fully saturated rings. The second kappa shape index (κ2) is 8.20. The van der Waals surface area contributed by atoms with Gasteiger partial charge >= 0.3 is 6.03 Å². The largest absolute Gasteiger partial charge is 0.394 e. The van der Waals surface area contributed by atoms with Gasteiger partial charge in [-0.3, -0.25) is 4.79 Å². The van der Waals surface area contributed by atoms with Crippen LogP contribution in [-0.2, 0) is 4.79 Å². The van der Waals surface area contributed by atoms with Gasteiger partial charge in [-0.1, -0.05) is 6.92 Å². The predicted molar refractivity (Wildman–Crippen MR) is 73.4 cm³/mol. The Morgan fingerprint density at radius 3 is 2.50 bits per heavy atom. The average Bonchev–Trinajstić information content (AvgIpc) is 2.33. The Bertz CT molecular complexity index is 283. The maximum absolute atomic E-state index is 12.0. The average molecular weight is 277 g/mol. The summed E-state index contributed by atoms with van der Waals surface area (Å²) in [6.45, 7) is 3.47. The molecule has 2 atom stereocenters. The summed E-state index contributed by atoms with van der Waals surface area (Å²) in [6.07, 6.45) is 3.02. The van der Waals surface area contributed by atoms with Crippen LogP contribution in [0.1, 0.15) is 26.7 Å². The highest BCUT2D eigenvalue weighted by Gasteiger charge is 2.28. The first kappa shape index (κ1) is 17.1. The van der Waals surface area contributed by atoms with Crippen LogP contribution in [0.4, 0.5) is 4.79 Å². The van der Waals surface area contributed by atoms with Gasteiger partial charge < -0.3 is 21.5 Å². The third-order valence-corrected chi connectivity index (χ3v) is 3.44. The minimum atomic E-state index is -0.724. The molecule has 0 aromatic rings. The fourth-order valence-electron chi connectivity index (χ4n) is 1.30. The number of rotatable bonds is 8. The highest BCUT2D eigenvalue weighted by atomic mass is 32.2. The van der Waals surface area contributed by atoms with Crippen molar-refractivity contribution in [1.82, 2.24) is 10.6 Å². The molecular weight excluding hydrogens is 254 g/mol. The van der Waals surface area contributed by atoms with Gasteiger partial charge in [-0.25, -0.2) is 4.79 Å². The first-order valence-corrected chi connectivity index (χ1v) is 7.25. The number of urea groups is 1. The highest BCUT2D eigenvalue weighted by molar-refractivity contribution is 7.98. The van der Waals surface area contributed by atoms with Crippen LogP contribution in [0.5, 0.6) is 0 Å². The Balaban J connectivity index is 4.58. The third-order valence-electron chi connectivity index (χ3n) is 2.80. The number of amides is 3. The van der Waals surface area contributed by atoms with Crippen molar-refractivity contribution in [1.29, 1.82) is 0 Å². The number of aliphatic hydroxyl groups is 1. The molecular formula is C11H23N3O3S. The van der Waals surface area contributed by atoms with E-state index in [1.54, 1.807) is 18.7 Å². The predicted octanol–water partition coefficient (Wildman–Crippen LogP) is 0.0536. The molecule has 106 valence electrons. The molecule has 2 unspecified atom stereocenters. The van der Waals surface area contributed by atoms with E-state index in [9.17, 15) is 14.7 Å². The van der Waals surface area contributed by atoms with Crippen molar-refractivity contribution in [2.24, 2.45) is 5.73 Å². The molecule has 3 amide bonds. The van der Waals surface area contributed by atoms with Gasteiger partial charge in [0.2, 0.25) is 5.91 Å². The lowest BCUT2D eigenvalue weighted by atomic mass is 9.99. The number of nitrogens with one attached hydrogen (secondary N) is 2. The van der Waals surface area contributed by atoms with Crippen LogP contribution >= 0.6 is 11.8 Å². The molecule has 7 heteroatoms. The quantitative estimate of drug-likeness (QED) is 0.503. The van der Waals surface area contributed by atoms with E-state index in [4.69, 9.17) is 5.73 Å². The Labute approximate surface area is 112 Å². The number of hydrogen-bond donors (Lipinski definition) is 4. The van der Waals surface area contributed by atoms with E-state index < -0.39 is 17.6 Å². The minimum absolute atomic E-state index is 0.152. The zero-order chi connectivity index (χ0) is 14.2. The van der Waals surface area contributed by atoms with Gasteiger partial charge in [-0.05, 0) is 31.8 Å². The maximum atomic E-state index is 12.0. The standard InChI is InChI=1S/C11H23N3O3S/c1-4-11(2,7-15)14-9(16)8(5-6-18-3)13-10(12)17/h8,15H,4-7H2,1-3H3,(H,14,16)(H3,12,13,17). The summed E-state index contributed by atoms with van der Waals surface area (Å²) in [6, 6.07) is -1.38. The van der Waals surface area contributed by atoms with E-state index in [0.29, 0.717) is 12.8 Å². The van der Waals surface area contributed by atoms with Crippen LogP contribution in [0, 0.1) is 0 Å². The summed E-state index contributed by atoms with van der Waals surface area (Å²) in [4.78, 5) is 22.9. The summed E-state index contributed by atoms with van der Waals surface area (Å²) in [5.41, 5.74) is 4.37. The fourth-order valence-corrected chi connectivity index (χ4v) is 1.77. The molecule has 0 aliphatic rings. The van der Waals surface area contributed by atoms with Crippen molar-refractivity contribution in [2.75, 3.05) is 18.6 Å². The number of hydrogen-bond acceptors (Lipinski definition) is 4. The van der Waals surface area contributed by atoms with Crippen molar-refractivity contribution in [3.8, 4) is 0 Å². The topological polar surface area (TPSA) is 104 Å². The molecule has 18 heavy (non-hydrogen) atoms. The molecule has 0 aliphatic carbocycles. The van der Waals surface area contributed by atoms with Crippen molar-refractivity contribution < 1.29 is 14.7 Å². The summed E-state index contributed by atoms with van der Waals surface area (Å²) < 4.78 is 0. The minimum Gasteiger partial charge on any atom is -0.394 e. The van der Waals surface area contributed by atoms with Gasteiger partial charge in [0.05, 0.1) is 12.1 Å². The van der Waals surface area contributed by atoms with Crippen molar-refractivity contribution in [2.45, 2.75) is 38.3 Å². The lowest BCUT2D eigenvalue weighted by Gasteiger charge is -2.29. The molecule has 0 aromatic carbocycles. The van der Waals surface area contributed by atoms with Crippen LogP contribution in [0.2, 0.25) is 0 Å². The molecule has 0 bridgehead atoms. The van der Waals surface area contributed by atoms with Gasteiger partial charge in [-0.2, -0.15) is 11.8 Å². The normalized spacial score (nSPS) is 15.6. The van der Waals surface area contributed by atoms with Gasteiger partial charge in [0.1, 0.15) is 6.04 Å². The fraction of sp³-hybridized carbons (Fsp3) is 0.818. The molecule has 0 saturated heterocycles. The third kappa shape index (κ3) is 6.11. The van der Waals surface area contributed by atoms with Crippen LogP contribution in [0.25, 0.3) is 0 Å². The van der Waals surface area contributed by atoms with E-state index >= 15 is 0 Å². The summed E-state index contributed by atoms with van der Waals surface area (Å²) in [5, 5.41) is 14.4. The molecule has 0 saturated carbocycles. The number of primary amides is 1. The van der Waals surface area contributed by atoms with Crippen molar-refractivity contribution in [3.05, 3.63) is 0 Å². The monoisotopic (exact) mass is 277 g/mol. The van der Waals surface area contributed by atoms with Crippen molar-refractivity contribution >= 4 is 23.7 Å². The van der Waals surface area contributed by atoms with Crippen molar-refractivity contribution in [3.63, 3.8) is 0 Å². The highest BCUT2D eigenvalue weighted by Crippen LogP contribution is 2.09. The molecule has 5 N–H and O–H groups in total. The van der Waals surface area contributed by atoms with Gasteiger partial charge in [0, 0.05) is 0 Å². The molecule has 0 heterocycles. The van der Waals surface area contributed by atoms with E-state index in [1.165, 1.54) is 0 Å². The van der Waals surface area contributed by atoms with Crippen LogP contribution < -0.4 is 16.4 Å². The van der Waals surface area contributed by atoms with E-state index in [2.05, 4.69) is 10.6 Å². The Morgan fingerprint density at radius 2 is 2.11 bits per heavy atom. The number of thioether (sulfide) groups is 1. The Morgan fingerprint density at radius 1 is 1.50 bits per heavy atom. The summed E-state index contributed by atoms with van der Waals surface area (Å²) >= 11 is 1.58. The molecule has 0 aromatic heterocycles. The van der Waals surface area contributed by atoms with Gasteiger partial charge in [0.15, 0.2) is 0 Å². The number of carbonyl (C=O) groups excluding carboxylic acids is 2. The maximum Gasteiger partial charge on any atom is 0.312 e. The summed E-state index contributed by atoms with van der Waals surface area (Å²) in [7, 11) is 0. The first-order chi connectivity index (χ1) is 8.38. The molecule has 0 spiro atoms. The van der Waals surface area contributed by atoms with Crippen LogP contribution in [0.15, 0.2) is 0 Å². The zero-order valence-corrected chi connectivity index (χ0v) is 12.0. The summed E-state index contributed by atoms with van der Waals surface area (Å²) in [5.74, 6) is 0.418. The number of aliphatic hydroxyl groups excluding tert-OH is 1. The second-order valence-electron chi connectivity index (χ2n) is 4.40.